The summed E-state index contributed by atoms with van der Waals surface area (Å²) in [6.07, 6.45) is 4.34. The molecule has 5 nitrogen and oxygen atoms in total. The molecule has 0 bridgehead atoms. The van der Waals surface area contributed by atoms with Gasteiger partial charge in [-0.25, -0.2) is 0 Å². The van der Waals surface area contributed by atoms with Crippen molar-refractivity contribution in [3.8, 4) is 11.1 Å². The van der Waals surface area contributed by atoms with Crippen LogP contribution in [0, 0.1) is 6.92 Å². The van der Waals surface area contributed by atoms with Crippen LogP contribution in [0.1, 0.15) is 37.1 Å². The quantitative estimate of drug-likeness (QED) is 0.921. The molecule has 1 unspecified atom stereocenters. The molecule has 1 aliphatic heterocycles. The summed E-state index contributed by atoms with van der Waals surface area (Å²) in [4.78, 5) is 13.4. The first-order valence-corrected chi connectivity index (χ1v) is 8.15. The molecule has 1 aromatic carbocycles. The predicted molar refractivity (Wildman–Crippen MR) is 89.3 cm³/mol. The lowest BCUT2D eigenvalue weighted by Crippen LogP contribution is -2.23. The highest BCUT2D eigenvalue weighted by atomic mass is 16.4. The van der Waals surface area contributed by atoms with E-state index < -0.39 is 5.97 Å². The van der Waals surface area contributed by atoms with Crippen LogP contribution in [-0.2, 0) is 11.3 Å². The standard InChI is InChI=1S/C18H23N3O2/c1-13(20-9-3-4-10-20)15-5-7-16(8-6-15)17-11-19-21(14(17)2)12-18(22)23/h5-8,11,13H,3-4,9-10,12H2,1-2H3,(H,22,23). The summed E-state index contributed by atoms with van der Waals surface area (Å²) in [6, 6.07) is 9.01. The zero-order valence-corrected chi connectivity index (χ0v) is 13.7. The highest BCUT2D eigenvalue weighted by molar-refractivity contribution is 5.69. The smallest absolute Gasteiger partial charge is 0.325 e. The highest BCUT2D eigenvalue weighted by Crippen LogP contribution is 2.28. The van der Waals surface area contributed by atoms with Crippen LogP contribution in [0.5, 0.6) is 0 Å². The van der Waals surface area contributed by atoms with Crippen molar-refractivity contribution in [1.29, 1.82) is 0 Å². The van der Waals surface area contributed by atoms with Gasteiger partial charge in [-0.1, -0.05) is 24.3 Å². The number of nitrogens with zero attached hydrogens (tertiary/aromatic N) is 3. The van der Waals surface area contributed by atoms with Gasteiger partial charge in [0.05, 0.1) is 6.20 Å². The fourth-order valence-electron chi connectivity index (χ4n) is 3.30. The van der Waals surface area contributed by atoms with Crippen molar-refractivity contribution >= 4 is 5.97 Å². The van der Waals surface area contributed by atoms with Gasteiger partial charge in [0.2, 0.25) is 0 Å². The van der Waals surface area contributed by atoms with Gasteiger partial charge in [0.15, 0.2) is 0 Å². The van der Waals surface area contributed by atoms with Crippen LogP contribution in [0.2, 0.25) is 0 Å². The molecule has 1 aliphatic rings. The van der Waals surface area contributed by atoms with Gasteiger partial charge in [-0.3, -0.25) is 14.4 Å². The Hall–Kier alpha value is -2.14. The number of hydrogen-bond acceptors (Lipinski definition) is 3. The fraction of sp³-hybridized carbons (Fsp3) is 0.444. The largest absolute Gasteiger partial charge is 0.480 e. The first-order valence-electron chi connectivity index (χ1n) is 8.15. The number of carbonyl (C=O) groups is 1. The Morgan fingerprint density at radius 3 is 2.52 bits per heavy atom. The Morgan fingerprint density at radius 2 is 1.91 bits per heavy atom. The van der Waals surface area contributed by atoms with E-state index in [-0.39, 0.29) is 6.54 Å². The SMILES string of the molecule is Cc1c(-c2ccc(C(C)N3CCCC3)cc2)cnn1CC(=O)O. The van der Waals surface area contributed by atoms with Crippen molar-refractivity contribution in [1.82, 2.24) is 14.7 Å². The second kappa shape index (κ2) is 6.54. The third kappa shape index (κ3) is 3.29. The Bertz CT molecular complexity index is 685. The van der Waals surface area contributed by atoms with E-state index in [0.717, 1.165) is 16.8 Å². The summed E-state index contributed by atoms with van der Waals surface area (Å²) >= 11 is 0. The lowest BCUT2D eigenvalue weighted by atomic mass is 10.0. The van der Waals surface area contributed by atoms with E-state index in [0.29, 0.717) is 6.04 Å². The first-order chi connectivity index (χ1) is 11.1. The van der Waals surface area contributed by atoms with Crippen LogP contribution in [-0.4, -0.2) is 38.8 Å². The number of aliphatic carboxylic acids is 1. The molecule has 1 fully saturated rings. The molecule has 122 valence electrons. The molecule has 23 heavy (non-hydrogen) atoms. The van der Waals surface area contributed by atoms with Gasteiger partial charge in [0, 0.05) is 17.3 Å². The number of likely N-dealkylation sites (tertiary alicyclic amines) is 1. The van der Waals surface area contributed by atoms with E-state index >= 15 is 0 Å². The molecule has 0 radical (unpaired) electrons. The van der Waals surface area contributed by atoms with Crippen molar-refractivity contribution in [3.05, 3.63) is 41.7 Å². The molecule has 0 aliphatic carbocycles. The predicted octanol–water partition coefficient (Wildman–Crippen LogP) is 3.10. The molecule has 0 saturated carbocycles. The van der Waals surface area contributed by atoms with Gasteiger partial charge < -0.3 is 5.11 Å². The molecule has 0 spiro atoms. The minimum absolute atomic E-state index is 0.101. The number of benzene rings is 1. The normalized spacial score (nSPS) is 16.6. The molecule has 2 aromatic rings. The number of carboxylic acid groups (broad SMARTS) is 1. The van der Waals surface area contributed by atoms with Crippen LogP contribution in [0.3, 0.4) is 0 Å². The van der Waals surface area contributed by atoms with Crippen LogP contribution < -0.4 is 0 Å². The van der Waals surface area contributed by atoms with E-state index in [4.69, 9.17) is 5.11 Å². The lowest BCUT2D eigenvalue weighted by Gasteiger charge is -2.24. The molecular weight excluding hydrogens is 290 g/mol. The van der Waals surface area contributed by atoms with Crippen molar-refractivity contribution in [2.75, 3.05) is 13.1 Å². The van der Waals surface area contributed by atoms with Gasteiger partial charge >= 0.3 is 5.97 Å². The second-order valence-electron chi connectivity index (χ2n) is 6.24. The van der Waals surface area contributed by atoms with Gasteiger partial charge in [0.25, 0.3) is 0 Å². The van der Waals surface area contributed by atoms with Crippen LogP contribution in [0.4, 0.5) is 0 Å². The Balaban J connectivity index is 1.79. The average molecular weight is 313 g/mol. The Morgan fingerprint density at radius 1 is 1.26 bits per heavy atom. The Labute approximate surface area is 136 Å². The fourth-order valence-corrected chi connectivity index (χ4v) is 3.30. The van der Waals surface area contributed by atoms with E-state index in [1.807, 2.05) is 6.92 Å². The molecule has 1 N–H and O–H groups in total. The highest BCUT2D eigenvalue weighted by Gasteiger charge is 2.19. The van der Waals surface area contributed by atoms with E-state index in [9.17, 15) is 4.79 Å². The Kier molecular flexibility index (Phi) is 4.48. The van der Waals surface area contributed by atoms with Crippen LogP contribution >= 0.6 is 0 Å². The van der Waals surface area contributed by atoms with E-state index in [1.165, 1.54) is 36.2 Å². The number of rotatable bonds is 5. The van der Waals surface area contributed by atoms with Crippen LogP contribution in [0.15, 0.2) is 30.5 Å². The third-order valence-electron chi connectivity index (χ3n) is 4.78. The number of hydrogen-bond donors (Lipinski definition) is 1. The first kappa shape index (κ1) is 15.7. The van der Waals surface area contributed by atoms with Gasteiger partial charge in [-0.15, -0.1) is 0 Å². The topological polar surface area (TPSA) is 58.4 Å². The lowest BCUT2D eigenvalue weighted by molar-refractivity contribution is -0.137. The summed E-state index contributed by atoms with van der Waals surface area (Å²) in [7, 11) is 0. The molecular formula is C18H23N3O2. The van der Waals surface area contributed by atoms with Crippen molar-refractivity contribution in [2.45, 2.75) is 39.3 Å². The summed E-state index contributed by atoms with van der Waals surface area (Å²) < 4.78 is 1.53. The molecule has 1 atom stereocenters. The third-order valence-corrected chi connectivity index (χ3v) is 4.78. The van der Waals surface area contributed by atoms with Crippen LogP contribution in [0.25, 0.3) is 11.1 Å². The van der Waals surface area contributed by atoms with E-state index in [1.54, 1.807) is 6.20 Å². The van der Waals surface area contributed by atoms with E-state index in [2.05, 4.69) is 41.2 Å². The van der Waals surface area contributed by atoms with Crippen molar-refractivity contribution in [2.24, 2.45) is 0 Å². The second-order valence-corrected chi connectivity index (χ2v) is 6.24. The summed E-state index contributed by atoms with van der Waals surface area (Å²) in [5, 5.41) is 13.1. The van der Waals surface area contributed by atoms with Gasteiger partial charge in [0.1, 0.15) is 6.54 Å². The molecule has 1 saturated heterocycles. The zero-order chi connectivity index (χ0) is 16.4. The molecule has 2 heterocycles. The van der Waals surface area contributed by atoms with Gasteiger partial charge in [-0.2, -0.15) is 5.10 Å². The zero-order valence-electron chi connectivity index (χ0n) is 13.7. The maximum Gasteiger partial charge on any atom is 0.325 e. The molecule has 5 heteroatoms. The minimum atomic E-state index is -0.877. The molecule has 0 amide bonds. The van der Waals surface area contributed by atoms with Crippen molar-refractivity contribution in [3.63, 3.8) is 0 Å². The molecule has 1 aromatic heterocycles. The number of carboxylic acids is 1. The summed E-state index contributed by atoms with van der Waals surface area (Å²) in [5.41, 5.74) is 4.28. The summed E-state index contributed by atoms with van der Waals surface area (Å²) in [6.45, 7) is 6.44. The number of aromatic nitrogens is 2. The maximum absolute atomic E-state index is 10.8. The molecule has 3 rings (SSSR count). The summed E-state index contributed by atoms with van der Waals surface area (Å²) in [5.74, 6) is -0.877. The maximum atomic E-state index is 10.8. The monoisotopic (exact) mass is 313 g/mol. The van der Waals surface area contributed by atoms with Crippen molar-refractivity contribution < 1.29 is 9.90 Å². The average Bonchev–Trinajstić information content (AvgIpc) is 3.18. The minimum Gasteiger partial charge on any atom is -0.480 e. The van der Waals surface area contributed by atoms with Gasteiger partial charge in [-0.05, 0) is 50.9 Å².